The van der Waals surface area contributed by atoms with Crippen LogP contribution >= 0.6 is 39.1 Å². The Morgan fingerprint density at radius 1 is 1.10 bits per heavy atom. The number of hydrogen-bond donors (Lipinski definition) is 1. The van der Waals surface area contributed by atoms with Crippen LogP contribution < -0.4 is 5.32 Å². The van der Waals surface area contributed by atoms with Crippen molar-refractivity contribution >= 4 is 67.5 Å². The van der Waals surface area contributed by atoms with Gasteiger partial charge in [0.05, 0.1) is 21.1 Å². The first-order valence-electron chi connectivity index (χ1n) is 8.43. The fourth-order valence-corrected chi connectivity index (χ4v) is 3.70. The van der Waals surface area contributed by atoms with Gasteiger partial charge in [-0.15, -0.1) is 0 Å². The van der Waals surface area contributed by atoms with E-state index in [0.29, 0.717) is 42.8 Å². The van der Waals surface area contributed by atoms with Crippen LogP contribution in [0.25, 0.3) is 22.6 Å². The number of fused-ring (bicyclic) bond motifs is 1. The number of hydrogen-bond acceptors (Lipinski definition) is 5. The molecule has 0 saturated heterocycles. The Labute approximate surface area is 187 Å². The van der Waals surface area contributed by atoms with Gasteiger partial charge in [-0.3, -0.25) is 14.9 Å². The Morgan fingerprint density at radius 3 is 2.63 bits per heavy atom. The minimum absolute atomic E-state index is 0.137. The second kappa shape index (κ2) is 8.06. The molecule has 1 N–H and O–H groups in total. The minimum Gasteiger partial charge on any atom is -0.436 e. The van der Waals surface area contributed by atoms with Crippen molar-refractivity contribution in [3.8, 4) is 11.5 Å². The lowest BCUT2D eigenvalue weighted by Gasteiger charge is -2.06. The summed E-state index contributed by atoms with van der Waals surface area (Å²) in [5.74, 6) is -0.189. The first-order valence-corrected chi connectivity index (χ1v) is 9.98. The van der Waals surface area contributed by atoms with Crippen molar-refractivity contribution in [2.24, 2.45) is 0 Å². The number of carbonyl (C=O) groups is 1. The van der Waals surface area contributed by atoms with Crippen molar-refractivity contribution in [3.63, 3.8) is 0 Å². The fraction of sp³-hybridized carbons (Fsp3) is 0. The van der Waals surface area contributed by atoms with E-state index in [4.69, 9.17) is 27.6 Å². The number of amides is 1. The summed E-state index contributed by atoms with van der Waals surface area (Å²) in [4.78, 5) is 27.5. The smallest absolute Gasteiger partial charge is 0.270 e. The van der Waals surface area contributed by atoms with Crippen molar-refractivity contribution in [2.75, 3.05) is 5.32 Å². The van der Waals surface area contributed by atoms with Crippen molar-refractivity contribution < 1.29 is 14.1 Å². The number of nitrogens with one attached hydrogen (secondary N) is 1. The number of non-ortho nitro benzene ring substituents is 1. The molecule has 1 aromatic heterocycles. The molecule has 3 aromatic carbocycles. The Morgan fingerprint density at radius 2 is 1.90 bits per heavy atom. The van der Waals surface area contributed by atoms with Gasteiger partial charge in [-0.2, -0.15) is 0 Å². The average Bonchev–Trinajstić information content (AvgIpc) is 3.11. The largest absolute Gasteiger partial charge is 0.436 e. The van der Waals surface area contributed by atoms with Gasteiger partial charge in [0.25, 0.3) is 11.6 Å². The molecule has 10 heteroatoms. The third kappa shape index (κ3) is 4.02. The molecular weight excluding hydrogens is 497 g/mol. The van der Waals surface area contributed by atoms with Crippen LogP contribution in [0.2, 0.25) is 10.0 Å². The van der Waals surface area contributed by atoms with Crippen LogP contribution in [-0.4, -0.2) is 15.8 Å². The zero-order chi connectivity index (χ0) is 21.4. The maximum Gasteiger partial charge on any atom is 0.270 e. The molecule has 0 unspecified atom stereocenters. The topological polar surface area (TPSA) is 98.3 Å². The van der Waals surface area contributed by atoms with Crippen molar-refractivity contribution in [2.45, 2.75) is 0 Å². The van der Waals surface area contributed by atoms with E-state index in [1.54, 1.807) is 36.4 Å². The van der Waals surface area contributed by atoms with Crippen LogP contribution in [0.4, 0.5) is 11.4 Å². The van der Waals surface area contributed by atoms with Crippen LogP contribution in [-0.2, 0) is 0 Å². The predicted molar refractivity (Wildman–Crippen MR) is 118 cm³/mol. The van der Waals surface area contributed by atoms with E-state index in [0.717, 1.165) is 0 Å². The van der Waals surface area contributed by atoms with Gasteiger partial charge in [0.2, 0.25) is 5.89 Å². The Balaban J connectivity index is 1.64. The molecule has 0 aliphatic rings. The molecule has 0 bridgehead atoms. The average molecular weight is 507 g/mol. The number of nitro groups is 1. The number of oxazole rings is 1. The maximum atomic E-state index is 12.6. The minimum atomic E-state index is -0.561. The quantitative estimate of drug-likeness (QED) is 0.244. The molecule has 0 aliphatic carbocycles. The molecule has 0 spiro atoms. The number of anilines is 1. The molecule has 1 heterocycles. The standard InChI is InChI=1S/C20H10BrCl2N3O4/c21-15-5-3-12(26(28)29)9-14(15)19(27)24-11-2-6-18-17(8-11)25-20(30-18)13-4-1-10(22)7-16(13)23/h1-9H,(H,24,27). The van der Waals surface area contributed by atoms with Gasteiger partial charge >= 0.3 is 0 Å². The zero-order valence-corrected chi connectivity index (χ0v) is 18.0. The second-order valence-electron chi connectivity index (χ2n) is 6.20. The second-order valence-corrected chi connectivity index (χ2v) is 7.90. The number of carbonyl (C=O) groups excluding carboxylic acids is 1. The number of nitrogens with zero attached hydrogens (tertiary/aromatic N) is 2. The number of nitro benzene ring substituents is 1. The first kappa shape index (κ1) is 20.3. The molecule has 4 rings (SSSR count). The molecule has 0 fully saturated rings. The van der Waals surface area contributed by atoms with Gasteiger partial charge in [-0.1, -0.05) is 23.2 Å². The van der Waals surface area contributed by atoms with Crippen LogP contribution in [0.1, 0.15) is 10.4 Å². The Kier molecular flexibility index (Phi) is 5.46. The fourth-order valence-electron chi connectivity index (χ4n) is 2.78. The van der Waals surface area contributed by atoms with Gasteiger partial charge in [0.1, 0.15) is 5.52 Å². The molecule has 0 atom stereocenters. The third-order valence-electron chi connectivity index (χ3n) is 4.21. The van der Waals surface area contributed by atoms with Gasteiger partial charge in [-0.25, -0.2) is 4.98 Å². The molecule has 0 radical (unpaired) electrons. The normalized spacial score (nSPS) is 10.9. The molecule has 0 aliphatic heterocycles. The Hall–Kier alpha value is -2.94. The third-order valence-corrected chi connectivity index (χ3v) is 5.45. The molecule has 7 nitrogen and oxygen atoms in total. The van der Waals surface area contributed by atoms with E-state index in [2.05, 4.69) is 26.2 Å². The summed E-state index contributed by atoms with van der Waals surface area (Å²) < 4.78 is 6.18. The van der Waals surface area contributed by atoms with E-state index in [1.165, 1.54) is 18.2 Å². The van der Waals surface area contributed by atoms with Crippen molar-refractivity contribution in [1.29, 1.82) is 0 Å². The van der Waals surface area contributed by atoms with Gasteiger partial charge in [-0.05, 0) is 58.4 Å². The van der Waals surface area contributed by atoms with E-state index < -0.39 is 10.8 Å². The lowest BCUT2D eigenvalue weighted by Crippen LogP contribution is -2.12. The van der Waals surface area contributed by atoms with Crippen molar-refractivity contribution in [1.82, 2.24) is 4.98 Å². The lowest BCUT2D eigenvalue weighted by atomic mass is 10.2. The SMILES string of the molecule is O=C(Nc1ccc2oc(-c3ccc(Cl)cc3Cl)nc2c1)c1cc([N+](=O)[O-])ccc1Br. The Bertz CT molecular complexity index is 1320. The summed E-state index contributed by atoms with van der Waals surface area (Å²) in [5.41, 5.74) is 2.01. The van der Waals surface area contributed by atoms with E-state index in [9.17, 15) is 14.9 Å². The molecule has 0 saturated carbocycles. The van der Waals surface area contributed by atoms with Gasteiger partial charge < -0.3 is 9.73 Å². The number of halogens is 3. The first-order chi connectivity index (χ1) is 14.3. The summed E-state index contributed by atoms with van der Waals surface area (Å²) in [7, 11) is 0. The highest BCUT2D eigenvalue weighted by Gasteiger charge is 2.17. The van der Waals surface area contributed by atoms with Crippen LogP contribution in [0.15, 0.2) is 63.5 Å². The highest BCUT2D eigenvalue weighted by atomic mass is 79.9. The van der Waals surface area contributed by atoms with Gasteiger partial charge in [0, 0.05) is 27.3 Å². The highest BCUT2D eigenvalue weighted by Crippen LogP contribution is 2.33. The highest BCUT2D eigenvalue weighted by molar-refractivity contribution is 9.10. The summed E-state index contributed by atoms with van der Waals surface area (Å²) in [6, 6.07) is 13.9. The van der Waals surface area contributed by atoms with Crippen LogP contribution in [0.3, 0.4) is 0 Å². The number of rotatable bonds is 4. The van der Waals surface area contributed by atoms with Gasteiger partial charge in [0.15, 0.2) is 5.58 Å². The predicted octanol–water partition coefficient (Wildman–Crippen LogP) is 6.72. The van der Waals surface area contributed by atoms with E-state index in [1.807, 2.05) is 0 Å². The van der Waals surface area contributed by atoms with Crippen molar-refractivity contribution in [3.05, 3.63) is 84.8 Å². The monoisotopic (exact) mass is 505 g/mol. The lowest BCUT2D eigenvalue weighted by molar-refractivity contribution is -0.384. The van der Waals surface area contributed by atoms with E-state index >= 15 is 0 Å². The molecule has 4 aromatic rings. The van der Waals surface area contributed by atoms with E-state index in [-0.39, 0.29) is 11.3 Å². The summed E-state index contributed by atoms with van der Waals surface area (Å²) in [6.45, 7) is 0. The number of aromatic nitrogens is 1. The summed E-state index contributed by atoms with van der Waals surface area (Å²) >= 11 is 15.4. The molecule has 30 heavy (non-hydrogen) atoms. The summed E-state index contributed by atoms with van der Waals surface area (Å²) in [5, 5.41) is 14.6. The maximum absolute atomic E-state index is 12.6. The van der Waals surface area contributed by atoms with Crippen LogP contribution in [0.5, 0.6) is 0 Å². The summed E-state index contributed by atoms with van der Waals surface area (Å²) in [6.07, 6.45) is 0. The molecule has 1 amide bonds. The van der Waals surface area contributed by atoms with Crippen LogP contribution in [0, 0.1) is 10.1 Å². The number of benzene rings is 3. The molecular formula is C20H10BrCl2N3O4. The molecule has 150 valence electrons. The zero-order valence-electron chi connectivity index (χ0n) is 14.9.